The highest BCUT2D eigenvalue weighted by molar-refractivity contribution is 9.10. The molecule has 0 aliphatic carbocycles. The van der Waals surface area contributed by atoms with Gasteiger partial charge in [-0.2, -0.15) is 5.10 Å². The Morgan fingerprint density at radius 2 is 2.17 bits per heavy atom. The Hall–Kier alpha value is -2.28. The Morgan fingerprint density at radius 1 is 1.30 bits per heavy atom. The molecule has 7 heteroatoms. The normalized spacial score (nSPS) is 10.9. The van der Waals surface area contributed by atoms with E-state index in [0.717, 1.165) is 34.2 Å². The number of hydrogen-bond donors (Lipinski definition) is 1. The summed E-state index contributed by atoms with van der Waals surface area (Å²) in [7, 11) is 0. The molecular formula is C16H16BrN5O. The quantitative estimate of drug-likeness (QED) is 0.697. The average molecular weight is 374 g/mol. The minimum Gasteiger partial charge on any atom is -0.352 e. The number of aromatic nitrogens is 4. The third-order valence-electron chi connectivity index (χ3n) is 3.38. The highest BCUT2D eigenvalue weighted by atomic mass is 79.9. The molecule has 3 aromatic rings. The second kappa shape index (κ2) is 6.87. The largest absolute Gasteiger partial charge is 0.352 e. The van der Waals surface area contributed by atoms with Crippen LogP contribution in [0.2, 0.25) is 0 Å². The number of fused-ring (bicyclic) bond motifs is 1. The van der Waals surface area contributed by atoms with Crippen LogP contribution < -0.4 is 5.32 Å². The Labute approximate surface area is 142 Å². The summed E-state index contributed by atoms with van der Waals surface area (Å²) in [6, 6.07) is 3.69. The molecule has 3 heterocycles. The van der Waals surface area contributed by atoms with Crippen molar-refractivity contribution in [2.45, 2.75) is 19.8 Å². The zero-order valence-electron chi connectivity index (χ0n) is 12.7. The van der Waals surface area contributed by atoms with Gasteiger partial charge in [0.15, 0.2) is 5.65 Å². The van der Waals surface area contributed by atoms with Gasteiger partial charge in [-0.15, -0.1) is 0 Å². The fraction of sp³-hybridized carbons (Fsp3) is 0.250. The van der Waals surface area contributed by atoms with Crippen molar-refractivity contribution in [3.8, 4) is 0 Å². The average Bonchev–Trinajstić information content (AvgIpc) is 2.90. The summed E-state index contributed by atoms with van der Waals surface area (Å²) < 4.78 is 2.58. The van der Waals surface area contributed by atoms with E-state index in [0.29, 0.717) is 12.1 Å². The van der Waals surface area contributed by atoms with Gasteiger partial charge in [-0.1, -0.05) is 0 Å². The zero-order chi connectivity index (χ0) is 16.2. The van der Waals surface area contributed by atoms with Crippen LogP contribution in [0, 0.1) is 6.92 Å². The summed E-state index contributed by atoms with van der Waals surface area (Å²) in [6.45, 7) is 2.54. The van der Waals surface area contributed by atoms with Crippen molar-refractivity contribution >= 4 is 27.5 Å². The predicted octanol–water partition coefficient (Wildman–Crippen LogP) is 2.56. The molecule has 0 aliphatic rings. The van der Waals surface area contributed by atoms with Crippen LogP contribution in [0.25, 0.3) is 5.65 Å². The molecule has 0 saturated heterocycles. The molecule has 3 rings (SSSR count). The maximum Gasteiger partial charge on any atom is 0.252 e. The lowest BCUT2D eigenvalue weighted by Gasteiger charge is -2.05. The molecule has 0 unspecified atom stereocenters. The van der Waals surface area contributed by atoms with Crippen molar-refractivity contribution in [1.29, 1.82) is 0 Å². The maximum atomic E-state index is 12.0. The maximum absolute atomic E-state index is 12.0. The SMILES string of the molecule is Cc1cc2ncc(CCCNC(=O)c3cncc(Br)c3)cn2n1. The Morgan fingerprint density at radius 3 is 3.00 bits per heavy atom. The number of halogens is 1. The lowest BCUT2D eigenvalue weighted by molar-refractivity contribution is 0.0953. The van der Waals surface area contributed by atoms with Gasteiger partial charge in [-0.25, -0.2) is 9.50 Å². The number of amides is 1. The van der Waals surface area contributed by atoms with Crippen LogP contribution in [0.5, 0.6) is 0 Å². The van der Waals surface area contributed by atoms with E-state index in [-0.39, 0.29) is 5.91 Å². The van der Waals surface area contributed by atoms with Crippen LogP contribution in [0.3, 0.4) is 0 Å². The van der Waals surface area contributed by atoms with E-state index in [9.17, 15) is 4.79 Å². The van der Waals surface area contributed by atoms with Crippen molar-refractivity contribution in [3.63, 3.8) is 0 Å². The molecule has 0 aromatic carbocycles. The second-order valence-electron chi connectivity index (χ2n) is 5.30. The van der Waals surface area contributed by atoms with Crippen molar-refractivity contribution in [1.82, 2.24) is 24.9 Å². The van der Waals surface area contributed by atoms with Crippen LogP contribution >= 0.6 is 15.9 Å². The minimum atomic E-state index is -0.116. The molecule has 0 atom stereocenters. The molecule has 23 heavy (non-hydrogen) atoms. The van der Waals surface area contributed by atoms with Crippen LogP contribution in [0.4, 0.5) is 0 Å². The second-order valence-corrected chi connectivity index (χ2v) is 6.22. The van der Waals surface area contributed by atoms with Crippen LogP contribution in [-0.4, -0.2) is 32.0 Å². The van der Waals surface area contributed by atoms with Crippen molar-refractivity contribution in [2.75, 3.05) is 6.54 Å². The van der Waals surface area contributed by atoms with Gasteiger partial charge in [-0.05, 0) is 47.3 Å². The molecule has 1 N–H and O–H groups in total. The minimum absolute atomic E-state index is 0.116. The van der Waals surface area contributed by atoms with E-state index in [1.807, 2.05) is 25.4 Å². The summed E-state index contributed by atoms with van der Waals surface area (Å²) in [4.78, 5) is 20.3. The molecule has 1 amide bonds. The first-order chi connectivity index (χ1) is 11.1. The van der Waals surface area contributed by atoms with E-state index in [1.54, 1.807) is 23.0 Å². The number of carbonyl (C=O) groups excluding carboxylic acids is 1. The van der Waals surface area contributed by atoms with Crippen LogP contribution in [-0.2, 0) is 6.42 Å². The number of aryl methyl sites for hydroxylation is 2. The smallest absolute Gasteiger partial charge is 0.252 e. The van der Waals surface area contributed by atoms with Crippen LogP contribution in [0.15, 0.2) is 41.4 Å². The molecule has 0 radical (unpaired) electrons. The standard InChI is InChI=1S/C16H16BrN5O/c1-11-5-15-20-7-12(10-22(15)21-11)3-2-4-19-16(23)13-6-14(17)9-18-8-13/h5-10H,2-4H2,1H3,(H,19,23). The van der Waals surface area contributed by atoms with Gasteiger partial charge in [0, 0.05) is 41.9 Å². The lowest BCUT2D eigenvalue weighted by atomic mass is 10.2. The van der Waals surface area contributed by atoms with E-state index in [4.69, 9.17) is 0 Å². The Kier molecular flexibility index (Phi) is 4.66. The molecule has 0 fully saturated rings. The molecule has 0 spiro atoms. The summed E-state index contributed by atoms with van der Waals surface area (Å²) in [5, 5.41) is 7.25. The molecule has 118 valence electrons. The topological polar surface area (TPSA) is 72.2 Å². The Bertz CT molecular complexity index is 845. The van der Waals surface area contributed by atoms with Gasteiger partial charge < -0.3 is 5.32 Å². The number of nitrogens with one attached hydrogen (secondary N) is 1. The van der Waals surface area contributed by atoms with E-state index in [1.165, 1.54) is 0 Å². The Balaban J connectivity index is 1.51. The van der Waals surface area contributed by atoms with E-state index >= 15 is 0 Å². The molecular weight excluding hydrogens is 358 g/mol. The van der Waals surface area contributed by atoms with Crippen molar-refractivity contribution < 1.29 is 4.79 Å². The molecule has 6 nitrogen and oxygen atoms in total. The molecule has 0 bridgehead atoms. The fourth-order valence-electron chi connectivity index (χ4n) is 2.30. The third-order valence-corrected chi connectivity index (χ3v) is 3.82. The van der Waals surface area contributed by atoms with E-state index in [2.05, 4.69) is 36.3 Å². The molecule has 0 saturated carbocycles. The molecule has 3 aromatic heterocycles. The first kappa shape index (κ1) is 15.6. The first-order valence-corrected chi connectivity index (χ1v) is 8.11. The monoisotopic (exact) mass is 373 g/mol. The van der Waals surface area contributed by atoms with Crippen molar-refractivity contribution in [3.05, 3.63) is 58.2 Å². The summed E-state index contributed by atoms with van der Waals surface area (Å²) in [5.74, 6) is -0.116. The number of carbonyl (C=O) groups is 1. The van der Waals surface area contributed by atoms with Crippen molar-refractivity contribution in [2.24, 2.45) is 0 Å². The summed E-state index contributed by atoms with van der Waals surface area (Å²) in [5.41, 5.74) is 3.44. The number of pyridine rings is 1. The molecule has 0 aliphatic heterocycles. The van der Waals surface area contributed by atoms with E-state index < -0.39 is 0 Å². The fourth-order valence-corrected chi connectivity index (χ4v) is 2.66. The van der Waals surface area contributed by atoms with Gasteiger partial charge in [0.25, 0.3) is 5.91 Å². The van der Waals surface area contributed by atoms with Gasteiger partial charge in [-0.3, -0.25) is 9.78 Å². The highest BCUT2D eigenvalue weighted by Gasteiger charge is 2.06. The van der Waals surface area contributed by atoms with Gasteiger partial charge in [0.2, 0.25) is 0 Å². The summed E-state index contributed by atoms with van der Waals surface area (Å²) >= 11 is 3.31. The summed E-state index contributed by atoms with van der Waals surface area (Å²) in [6.07, 6.45) is 8.71. The lowest BCUT2D eigenvalue weighted by Crippen LogP contribution is -2.24. The first-order valence-electron chi connectivity index (χ1n) is 7.31. The van der Waals surface area contributed by atoms with Gasteiger partial charge in [0.1, 0.15) is 0 Å². The number of hydrogen-bond acceptors (Lipinski definition) is 4. The zero-order valence-corrected chi connectivity index (χ0v) is 14.2. The van der Waals surface area contributed by atoms with Gasteiger partial charge in [0.05, 0.1) is 11.3 Å². The number of nitrogens with zero attached hydrogens (tertiary/aromatic N) is 4. The number of rotatable bonds is 5. The van der Waals surface area contributed by atoms with Crippen LogP contribution in [0.1, 0.15) is 28.0 Å². The third kappa shape index (κ3) is 3.92. The highest BCUT2D eigenvalue weighted by Crippen LogP contribution is 2.09. The predicted molar refractivity (Wildman–Crippen MR) is 90.3 cm³/mol. The van der Waals surface area contributed by atoms with Gasteiger partial charge >= 0.3 is 0 Å².